The summed E-state index contributed by atoms with van der Waals surface area (Å²) in [6, 6.07) is 2.32. The molecule has 0 saturated heterocycles. The summed E-state index contributed by atoms with van der Waals surface area (Å²) in [4.78, 5) is 0. The van der Waals surface area contributed by atoms with Crippen LogP contribution in [0.4, 0.5) is 8.78 Å². The Labute approximate surface area is 120 Å². The van der Waals surface area contributed by atoms with Crippen molar-refractivity contribution in [3.8, 4) is 0 Å². The highest BCUT2D eigenvalue weighted by Gasteiger charge is 2.17. The van der Waals surface area contributed by atoms with Crippen LogP contribution < -0.4 is 5.32 Å². The van der Waals surface area contributed by atoms with Crippen molar-refractivity contribution >= 4 is 0 Å². The van der Waals surface area contributed by atoms with E-state index in [0.717, 1.165) is 0 Å². The molecule has 1 atom stereocenters. The number of nitrogens with one attached hydrogen (secondary N) is 1. The largest absolute Gasteiger partial charge is 0.375 e. The van der Waals surface area contributed by atoms with Gasteiger partial charge in [0.05, 0.1) is 0 Å². The summed E-state index contributed by atoms with van der Waals surface area (Å²) in [7, 11) is 1.90. The van der Waals surface area contributed by atoms with Gasteiger partial charge < -0.3 is 10.1 Å². The zero-order chi connectivity index (χ0) is 15.3. The molecule has 0 aromatic heterocycles. The predicted molar refractivity (Wildman–Crippen MR) is 78.6 cm³/mol. The molecule has 0 bridgehead atoms. The van der Waals surface area contributed by atoms with Crippen molar-refractivity contribution < 1.29 is 13.5 Å². The molecule has 0 aliphatic carbocycles. The second kappa shape index (κ2) is 7.70. The number of aryl methyl sites for hydroxylation is 2. The fourth-order valence-corrected chi connectivity index (χ4v) is 2.58. The van der Waals surface area contributed by atoms with Gasteiger partial charge in [-0.15, -0.1) is 0 Å². The van der Waals surface area contributed by atoms with Gasteiger partial charge in [0.15, 0.2) is 0 Å². The van der Waals surface area contributed by atoms with Crippen molar-refractivity contribution in [1.82, 2.24) is 5.32 Å². The fraction of sp³-hybridized carbons (Fsp3) is 0.625. The van der Waals surface area contributed by atoms with Crippen LogP contribution in [-0.2, 0) is 4.74 Å². The number of hydrogen-bond donors (Lipinski definition) is 1. The normalized spacial score (nSPS) is 13.0. The highest BCUT2D eigenvalue weighted by Crippen LogP contribution is 2.29. The molecule has 1 rings (SSSR count). The first-order valence-electron chi connectivity index (χ1n) is 6.98. The molecule has 0 spiro atoms. The van der Waals surface area contributed by atoms with E-state index in [1.807, 2.05) is 7.05 Å². The molecule has 0 saturated carbocycles. The molecule has 1 N–H and O–H groups in total. The van der Waals surface area contributed by atoms with E-state index in [1.165, 1.54) is 27.8 Å². The lowest BCUT2D eigenvalue weighted by Gasteiger charge is -2.24. The lowest BCUT2D eigenvalue weighted by atomic mass is 9.88. The third kappa shape index (κ3) is 4.25. The molecule has 1 aromatic carbocycles. The maximum atomic E-state index is 12.1. The van der Waals surface area contributed by atoms with Crippen LogP contribution in [-0.4, -0.2) is 26.7 Å². The van der Waals surface area contributed by atoms with Crippen molar-refractivity contribution in [1.29, 1.82) is 0 Å². The van der Waals surface area contributed by atoms with Crippen LogP contribution in [0.2, 0.25) is 0 Å². The molecule has 0 aliphatic heterocycles. The zero-order valence-corrected chi connectivity index (χ0v) is 13.0. The number of benzene rings is 1. The van der Waals surface area contributed by atoms with E-state index in [4.69, 9.17) is 4.74 Å². The minimum absolute atomic E-state index is 0.131. The minimum atomic E-state index is -2.40. The van der Waals surface area contributed by atoms with Crippen LogP contribution in [0.15, 0.2) is 6.07 Å². The van der Waals surface area contributed by atoms with Gasteiger partial charge in [0.25, 0.3) is 6.43 Å². The maximum absolute atomic E-state index is 12.1. The smallest absolute Gasteiger partial charge is 0.261 e. The molecule has 114 valence electrons. The van der Waals surface area contributed by atoms with E-state index in [1.54, 1.807) is 0 Å². The highest BCUT2D eigenvalue weighted by atomic mass is 19.3. The summed E-state index contributed by atoms with van der Waals surface area (Å²) in [6.07, 6.45) is -1.71. The van der Waals surface area contributed by atoms with Gasteiger partial charge in [0.2, 0.25) is 0 Å². The van der Waals surface area contributed by atoms with Crippen LogP contribution in [0.25, 0.3) is 0 Å². The van der Waals surface area contributed by atoms with Gasteiger partial charge in [-0.3, -0.25) is 0 Å². The lowest BCUT2D eigenvalue weighted by molar-refractivity contribution is 0.0145. The van der Waals surface area contributed by atoms with Crippen molar-refractivity contribution in [3.63, 3.8) is 0 Å². The third-order valence-electron chi connectivity index (χ3n) is 3.92. The van der Waals surface area contributed by atoms with E-state index >= 15 is 0 Å². The van der Waals surface area contributed by atoms with Gasteiger partial charge in [-0.1, -0.05) is 6.07 Å². The summed E-state index contributed by atoms with van der Waals surface area (Å²) in [5.74, 6) is 0. The highest BCUT2D eigenvalue weighted by molar-refractivity contribution is 5.45. The minimum Gasteiger partial charge on any atom is -0.375 e. The Balaban J connectivity index is 2.84. The molecule has 0 fully saturated rings. The molecule has 0 radical (unpaired) electrons. The molecular formula is C16H25F2NO. The molecule has 20 heavy (non-hydrogen) atoms. The Morgan fingerprint density at radius 1 is 1.10 bits per heavy atom. The molecular weight excluding hydrogens is 260 g/mol. The Morgan fingerprint density at radius 3 is 2.10 bits per heavy atom. The van der Waals surface area contributed by atoms with Crippen molar-refractivity contribution in [2.24, 2.45) is 0 Å². The van der Waals surface area contributed by atoms with Crippen molar-refractivity contribution in [3.05, 3.63) is 33.9 Å². The van der Waals surface area contributed by atoms with Crippen molar-refractivity contribution in [2.45, 2.75) is 46.6 Å². The van der Waals surface area contributed by atoms with E-state index < -0.39 is 13.0 Å². The van der Waals surface area contributed by atoms with Gasteiger partial charge in [0.1, 0.15) is 6.61 Å². The van der Waals surface area contributed by atoms with Crippen LogP contribution >= 0.6 is 0 Å². The van der Waals surface area contributed by atoms with E-state index in [-0.39, 0.29) is 6.04 Å². The number of halogens is 2. The Hall–Kier alpha value is -1.00. The number of hydrogen-bond acceptors (Lipinski definition) is 2. The fourth-order valence-electron chi connectivity index (χ4n) is 2.58. The number of ether oxygens (including phenoxy) is 1. The Kier molecular flexibility index (Phi) is 6.56. The van der Waals surface area contributed by atoms with Gasteiger partial charge in [-0.2, -0.15) is 0 Å². The topological polar surface area (TPSA) is 21.3 Å². The molecule has 1 unspecified atom stereocenters. The Bertz CT molecular complexity index is 420. The third-order valence-corrected chi connectivity index (χ3v) is 3.92. The van der Waals surface area contributed by atoms with E-state index in [0.29, 0.717) is 13.0 Å². The maximum Gasteiger partial charge on any atom is 0.261 e. The van der Waals surface area contributed by atoms with E-state index in [2.05, 4.69) is 39.1 Å². The molecule has 0 heterocycles. The summed E-state index contributed by atoms with van der Waals surface area (Å²) >= 11 is 0. The molecule has 0 aliphatic rings. The van der Waals surface area contributed by atoms with Gasteiger partial charge in [-0.25, -0.2) is 8.78 Å². The second-order valence-corrected chi connectivity index (χ2v) is 5.27. The summed E-state index contributed by atoms with van der Waals surface area (Å²) in [5.41, 5.74) is 6.32. The molecule has 4 heteroatoms. The van der Waals surface area contributed by atoms with Gasteiger partial charge >= 0.3 is 0 Å². The Morgan fingerprint density at radius 2 is 1.65 bits per heavy atom. The molecule has 2 nitrogen and oxygen atoms in total. The predicted octanol–water partition coefficient (Wildman–Crippen LogP) is 3.85. The zero-order valence-electron chi connectivity index (χ0n) is 13.0. The SMILES string of the molecule is CNC(CCOCC(F)F)c1c(C)c(C)cc(C)c1C. The van der Waals surface area contributed by atoms with E-state index in [9.17, 15) is 8.78 Å². The number of alkyl halides is 2. The summed E-state index contributed by atoms with van der Waals surface area (Å²) in [6.45, 7) is 8.28. The van der Waals surface area contributed by atoms with Gasteiger partial charge in [0, 0.05) is 12.6 Å². The molecule has 0 amide bonds. The average molecular weight is 285 g/mol. The second-order valence-electron chi connectivity index (χ2n) is 5.27. The van der Waals surface area contributed by atoms with Crippen LogP contribution in [0.3, 0.4) is 0 Å². The first-order valence-corrected chi connectivity index (χ1v) is 6.98. The van der Waals surface area contributed by atoms with Crippen molar-refractivity contribution in [2.75, 3.05) is 20.3 Å². The van der Waals surface area contributed by atoms with Crippen LogP contribution in [0, 0.1) is 27.7 Å². The molecule has 1 aromatic rings. The number of rotatable bonds is 7. The van der Waals surface area contributed by atoms with Crippen LogP contribution in [0.1, 0.15) is 40.3 Å². The first-order chi connectivity index (χ1) is 9.38. The monoisotopic (exact) mass is 285 g/mol. The quantitative estimate of drug-likeness (QED) is 0.768. The first kappa shape index (κ1) is 17.1. The lowest BCUT2D eigenvalue weighted by Crippen LogP contribution is -2.21. The standard InChI is InChI=1S/C16H25F2NO/c1-10-8-11(2)13(4)16(12(10)3)14(19-5)6-7-20-9-15(17)18/h8,14-15,19H,6-7,9H2,1-5H3. The van der Waals surface area contributed by atoms with Crippen LogP contribution in [0.5, 0.6) is 0 Å². The summed E-state index contributed by atoms with van der Waals surface area (Å²) in [5, 5.41) is 3.28. The summed E-state index contributed by atoms with van der Waals surface area (Å²) < 4.78 is 29.1. The van der Waals surface area contributed by atoms with Gasteiger partial charge in [-0.05, 0) is 69.0 Å². The average Bonchev–Trinajstić information content (AvgIpc) is 2.39.